The Morgan fingerprint density at radius 1 is 1.47 bits per heavy atom. The number of halogens is 2. The first kappa shape index (κ1) is 13.7. The Labute approximate surface area is 119 Å². The van der Waals surface area contributed by atoms with E-state index in [0.717, 1.165) is 0 Å². The number of carbonyl (C=O) groups excluding carboxylic acids is 2. The Morgan fingerprint density at radius 2 is 2.11 bits per heavy atom. The van der Waals surface area contributed by atoms with Crippen LogP contribution in [0.3, 0.4) is 0 Å². The molecule has 0 fully saturated rings. The van der Waals surface area contributed by atoms with E-state index >= 15 is 0 Å². The van der Waals surface area contributed by atoms with Gasteiger partial charge in [0.05, 0.1) is 16.8 Å². The van der Waals surface area contributed by atoms with E-state index in [0.29, 0.717) is 21.3 Å². The van der Waals surface area contributed by atoms with E-state index in [-0.39, 0.29) is 12.5 Å². The summed E-state index contributed by atoms with van der Waals surface area (Å²) in [5, 5.41) is 12.0. The van der Waals surface area contributed by atoms with Gasteiger partial charge in [0.15, 0.2) is 0 Å². The van der Waals surface area contributed by atoms with Gasteiger partial charge in [-0.15, -0.1) is 0 Å². The van der Waals surface area contributed by atoms with E-state index in [1.807, 2.05) is 6.07 Å². The molecule has 0 saturated heterocycles. The number of amides is 2. The van der Waals surface area contributed by atoms with Crippen molar-refractivity contribution in [1.29, 1.82) is 5.26 Å². The van der Waals surface area contributed by atoms with Crippen LogP contribution in [-0.4, -0.2) is 18.4 Å². The normalized spacial score (nSPS) is 17.1. The SMILES string of the molecule is CC(=O)N[C@@H]1C(=O)N(CC#N)c2c(Cl)ccc(Cl)c21. The number of fused-ring (bicyclic) bond motifs is 1. The molecule has 1 atom stereocenters. The lowest BCUT2D eigenvalue weighted by atomic mass is 10.1. The fourth-order valence-corrected chi connectivity index (χ4v) is 2.59. The van der Waals surface area contributed by atoms with E-state index in [4.69, 9.17) is 28.5 Å². The highest BCUT2D eigenvalue weighted by Crippen LogP contribution is 2.44. The fourth-order valence-electron chi connectivity index (χ4n) is 2.06. The Hall–Kier alpha value is -1.77. The number of hydrogen-bond acceptors (Lipinski definition) is 3. The van der Waals surface area contributed by atoms with Crippen LogP contribution in [-0.2, 0) is 9.59 Å². The van der Waals surface area contributed by atoms with Gasteiger partial charge in [-0.1, -0.05) is 23.2 Å². The predicted molar refractivity (Wildman–Crippen MR) is 71.0 cm³/mol. The second-order valence-electron chi connectivity index (χ2n) is 4.01. The number of nitrogens with one attached hydrogen (secondary N) is 1. The maximum absolute atomic E-state index is 12.2. The minimum atomic E-state index is -0.896. The van der Waals surface area contributed by atoms with Gasteiger partial charge in [-0.25, -0.2) is 0 Å². The summed E-state index contributed by atoms with van der Waals surface area (Å²) >= 11 is 12.1. The number of benzene rings is 1. The van der Waals surface area contributed by atoms with Crippen molar-refractivity contribution >= 4 is 40.7 Å². The van der Waals surface area contributed by atoms with Crippen molar-refractivity contribution in [1.82, 2.24) is 5.32 Å². The van der Waals surface area contributed by atoms with Gasteiger partial charge in [-0.05, 0) is 12.1 Å². The molecule has 1 aromatic carbocycles. The van der Waals surface area contributed by atoms with Crippen molar-refractivity contribution in [2.45, 2.75) is 13.0 Å². The summed E-state index contributed by atoms with van der Waals surface area (Å²) in [6, 6.07) is 4.10. The van der Waals surface area contributed by atoms with Crippen LogP contribution in [0.4, 0.5) is 5.69 Å². The van der Waals surface area contributed by atoms with Crippen molar-refractivity contribution in [3.8, 4) is 6.07 Å². The number of rotatable bonds is 2. The Kier molecular flexibility index (Phi) is 3.65. The first-order chi connectivity index (χ1) is 8.97. The summed E-state index contributed by atoms with van der Waals surface area (Å²) in [6.45, 7) is 1.15. The molecule has 2 amide bonds. The first-order valence-electron chi connectivity index (χ1n) is 5.40. The summed E-state index contributed by atoms with van der Waals surface area (Å²) in [7, 11) is 0. The molecular weight excluding hydrogens is 289 g/mol. The van der Waals surface area contributed by atoms with Crippen molar-refractivity contribution in [3.63, 3.8) is 0 Å². The zero-order valence-electron chi connectivity index (χ0n) is 9.91. The number of nitrogens with zero attached hydrogens (tertiary/aromatic N) is 2. The average molecular weight is 298 g/mol. The molecule has 1 heterocycles. The topological polar surface area (TPSA) is 73.2 Å². The van der Waals surface area contributed by atoms with Crippen molar-refractivity contribution in [2.75, 3.05) is 11.4 Å². The maximum Gasteiger partial charge on any atom is 0.255 e. The molecule has 2 rings (SSSR count). The molecule has 0 aromatic heterocycles. The molecule has 0 aliphatic carbocycles. The zero-order valence-corrected chi connectivity index (χ0v) is 11.4. The molecule has 1 aromatic rings. The maximum atomic E-state index is 12.2. The zero-order chi connectivity index (χ0) is 14.2. The van der Waals surface area contributed by atoms with Gasteiger partial charge in [0.25, 0.3) is 5.91 Å². The lowest BCUT2D eigenvalue weighted by Crippen LogP contribution is -2.36. The summed E-state index contributed by atoms with van der Waals surface area (Å²) in [5.41, 5.74) is 0.823. The number of anilines is 1. The number of carbonyl (C=O) groups is 2. The Balaban J connectivity index is 2.60. The Bertz CT molecular complexity index is 610. The third-order valence-corrected chi connectivity index (χ3v) is 3.40. The van der Waals surface area contributed by atoms with Gasteiger partial charge in [-0.3, -0.25) is 14.5 Å². The fraction of sp³-hybridized carbons (Fsp3) is 0.250. The van der Waals surface area contributed by atoms with Crippen LogP contribution in [0, 0.1) is 11.3 Å². The standard InChI is InChI=1S/C12H9Cl2N3O2/c1-6(18)16-10-9-7(13)2-3-8(14)11(9)17(5-4-15)12(10)19/h2-3,10H,5H2,1H3,(H,16,18)/t10-/m0/s1. The molecule has 7 heteroatoms. The molecule has 5 nitrogen and oxygen atoms in total. The predicted octanol–water partition coefficient (Wildman–Crippen LogP) is 2.04. The average Bonchev–Trinajstić information content (AvgIpc) is 2.60. The van der Waals surface area contributed by atoms with E-state index in [1.165, 1.54) is 11.8 Å². The van der Waals surface area contributed by atoms with Gasteiger partial charge in [0, 0.05) is 17.5 Å². The van der Waals surface area contributed by atoms with Crippen LogP contribution >= 0.6 is 23.2 Å². The number of nitriles is 1. The van der Waals surface area contributed by atoms with Crippen molar-refractivity contribution < 1.29 is 9.59 Å². The van der Waals surface area contributed by atoms with Crippen LogP contribution in [0.1, 0.15) is 18.5 Å². The van der Waals surface area contributed by atoms with Crippen LogP contribution < -0.4 is 10.2 Å². The smallest absolute Gasteiger partial charge is 0.255 e. The minimum Gasteiger partial charge on any atom is -0.341 e. The van der Waals surface area contributed by atoms with Crippen LogP contribution in [0.15, 0.2) is 12.1 Å². The second kappa shape index (κ2) is 5.08. The molecule has 0 bridgehead atoms. The summed E-state index contributed by atoms with van der Waals surface area (Å²) in [5.74, 6) is -0.777. The third-order valence-electron chi connectivity index (χ3n) is 2.76. The molecule has 0 unspecified atom stereocenters. The van der Waals surface area contributed by atoms with Gasteiger partial charge >= 0.3 is 0 Å². The molecular formula is C12H9Cl2N3O2. The van der Waals surface area contributed by atoms with Gasteiger partial charge in [-0.2, -0.15) is 5.26 Å². The molecule has 0 radical (unpaired) electrons. The molecule has 0 saturated carbocycles. The van der Waals surface area contributed by atoms with E-state index in [9.17, 15) is 9.59 Å². The summed E-state index contributed by atoms with van der Waals surface area (Å²) < 4.78 is 0. The molecule has 0 spiro atoms. The highest BCUT2D eigenvalue weighted by molar-refractivity contribution is 6.38. The lowest BCUT2D eigenvalue weighted by molar-refractivity contribution is -0.126. The molecule has 98 valence electrons. The van der Waals surface area contributed by atoms with Gasteiger partial charge in [0.1, 0.15) is 12.6 Å². The van der Waals surface area contributed by atoms with Crippen molar-refractivity contribution in [2.24, 2.45) is 0 Å². The van der Waals surface area contributed by atoms with Gasteiger partial charge < -0.3 is 5.32 Å². The van der Waals surface area contributed by atoms with Crippen molar-refractivity contribution in [3.05, 3.63) is 27.7 Å². The number of hydrogen-bond donors (Lipinski definition) is 1. The molecule has 1 N–H and O–H groups in total. The van der Waals surface area contributed by atoms with Crippen LogP contribution in [0.5, 0.6) is 0 Å². The van der Waals surface area contributed by atoms with E-state index in [2.05, 4.69) is 5.32 Å². The Morgan fingerprint density at radius 3 is 2.68 bits per heavy atom. The van der Waals surface area contributed by atoms with Crippen LogP contribution in [0.2, 0.25) is 10.0 Å². The molecule has 19 heavy (non-hydrogen) atoms. The minimum absolute atomic E-state index is 0.151. The monoisotopic (exact) mass is 297 g/mol. The highest BCUT2D eigenvalue weighted by atomic mass is 35.5. The quantitative estimate of drug-likeness (QED) is 0.849. The lowest BCUT2D eigenvalue weighted by Gasteiger charge is -2.14. The molecule has 1 aliphatic rings. The largest absolute Gasteiger partial charge is 0.341 e. The summed E-state index contributed by atoms with van der Waals surface area (Å²) in [6.07, 6.45) is 0. The third kappa shape index (κ3) is 2.25. The first-order valence-corrected chi connectivity index (χ1v) is 6.16. The van der Waals surface area contributed by atoms with Crippen LogP contribution in [0.25, 0.3) is 0 Å². The van der Waals surface area contributed by atoms with E-state index < -0.39 is 11.9 Å². The molecule has 1 aliphatic heterocycles. The summed E-state index contributed by atoms with van der Waals surface area (Å²) in [4.78, 5) is 24.7. The van der Waals surface area contributed by atoms with Gasteiger partial charge in [0.2, 0.25) is 5.91 Å². The van der Waals surface area contributed by atoms with E-state index in [1.54, 1.807) is 12.1 Å². The second-order valence-corrected chi connectivity index (χ2v) is 4.82. The highest BCUT2D eigenvalue weighted by Gasteiger charge is 2.40.